The zero-order valence-electron chi connectivity index (χ0n) is 9.35. The maximum Gasteiger partial charge on any atom is 0.233 e. The summed E-state index contributed by atoms with van der Waals surface area (Å²) in [4.78, 5) is 13.3. The van der Waals surface area contributed by atoms with E-state index in [1.807, 2.05) is 37.3 Å². The van der Waals surface area contributed by atoms with Gasteiger partial charge in [0, 0.05) is 6.42 Å². The zero-order valence-corrected chi connectivity index (χ0v) is 10.2. The molecule has 0 aliphatic rings. The van der Waals surface area contributed by atoms with Crippen molar-refractivity contribution in [3.63, 3.8) is 0 Å². The summed E-state index contributed by atoms with van der Waals surface area (Å²) in [5, 5.41) is 0.104. The molecular formula is C12H16N2OS. The molecule has 1 aromatic carbocycles. The Balaban J connectivity index is 2.84. The Kier molecular flexibility index (Phi) is 4.92. The quantitative estimate of drug-likeness (QED) is 0.817. The number of carbonyl (C=O) groups excluding carboxylic acids is 1. The number of nitrogens with zero attached hydrogens (tertiary/aromatic N) is 1. The first-order chi connectivity index (χ1) is 7.66. The Morgan fingerprint density at radius 2 is 2.00 bits per heavy atom. The summed E-state index contributed by atoms with van der Waals surface area (Å²) in [5.41, 5.74) is 6.31. The molecule has 1 aromatic rings. The smallest absolute Gasteiger partial charge is 0.233 e. The Morgan fingerprint density at radius 1 is 1.38 bits per heavy atom. The summed E-state index contributed by atoms with van der Waals surface area (Å²) in [6, 6.07) is 9.24. The normalized spacial score (nSPS) is 9.81. The van der Waals surface area contributed by atoms with E-state index in [1.54, 1.807) is 0 Å². The molecular weight excluding hydrogens is 220 g/mol. The second-order valence-corrected chi connectivity index (χ2v) is 3.92. The predicted molar refractivity (Wildman–Crippen MR) is 70.2 cm³/mol. The number of hydrogen-bond donors (Lipinski definition) is 1. The minimum Gasteiger partial charge on any atom is -0.376 e. The van der Waals surface area contributed by atoms with Gasteiger partial charge in [-0.15, -0.1) is 0 Å². The number of amides is 1. The fourth-order valence-corrected chi connectivity index (χ4v) is 1.62. The zero-order chi connectivity index (χ0) is 12.0. The van der Waals surface area contributed by atoms with Crippen LogP contribution in [0.3, 0.4) is 0 Å². The highest BCUT2D eigenvalue weighted by Crippen LogP contribution is 2.15. The molecule has 0 radical (unpaired) electrons. The van der Waals surface area contributed by atoms with Crippen LogP contribution in [0.4, 0.5) is 5.69 Å². The fourth-order valence-electron chi connectivity index (χ4n) is 1.41. The van der Waals surface area contributed by atoms with Crippen molar-refractivity contribution >= 4 is 28.9 Å². The number of unbranched alkanes of at least 4 members (excludes halogenated alkanes) is 1. The lowest BCUT2D eigenvalue weighted by atomic mass is 10.2. The summed E-state index contributed by atoms with van der Waals surface area (Å²) in [6.07, 6.45) is 2.30. The van der Waals surface area contributed by atoms with Gasteiger partial charge < -0.3 is 5.73 Å². The van der Waals surface area contributed by atoms with Crippen molar-refractivity contribution in [1.29, 1.82) is 0 Å². The van der Waals surface area contributed by atoms with Crippen LogP contribution in [0.2, 0.25) is 0 Å². The van der Waals surface area contributed by atoms with Gasteiger partial charge in [-0.05, 0) is 30.8 Å². The van der Waals surface area contributed by atoms with E-state index < -0.39 is 0 Å². The molecule has 16 heavy (non-hydrogen) atoms. The minimum atomic E-state index is -0.0412. The molecule has 1 rings (SSSR count). The molecule has 0 unspecified atom stereocenters. The van der Waals surface area contributed by atoms with Crippen LogP contribution >= 0.6 is 12.2 Å². The van der Waals surface area contributed by atoms with Crippen molar-refractivity contribution < 1.29 is 4.79 Å². The average Bonchev–Trinajstić information content (AvgIpc) is 2.27. The van der Waals surface area contributed by atoms with E-state index in [1.165, 1.54) is 4.90 Å². The summed E-state index contributed by atoms with van der Waals surface area (Å²) >= 11 is 4.91. The van der Waals surface area contributed by atoms with Gasteiger partial charge in [0.25, 0.3) is 0 Å². The summed E-state index contributed by atoms with van der Waals surface area (Å²) in [7, 11) is 0. The number of thiocarbonyl (C=S) groups is 1. The Bertz CT molecular complexity index is 365. The lowest BCUT2D eigenvalue weighted by Gasteiger charge is -2.20. The van der Waals surface area contributed by atoms with E-state index in [0.29, 0.717) is 6.42 Å². The van der Waals surface area contributed by atoms with Crippen molar-refractivity contribution in [2.24, 2.45) is 5.73 Å². The molecule has 0 atom stereocenters. The van der Waals surface area contributed by atoms with Crippen molar-refractivity contribution in [1.82, 2.24) is 0 Å². The van der Waals surface area contributed by atoms with Gasteiger partial charge in [0.15, 0.2) is 5.11 Å². The largest absolute Gasteiger partial charge is 0.376 e. The van der Waals surface area contributed by atoms with Crippen LogP contribution in [-0.2, 0) is 4.79 Å². The number of nitrogens with two attached hydrogens (primary N) is 1. The van der Waals surface area contributed by atoms with E-state index in [0.717, 1.165) is 18.5 Å². The number of carbonyl (C=O) groups is 1. The fraction of sp³-hybridized carbons (Fsp3) is 0.333. The van der Waals surface area contributed by atoms with Crippen molar-refractivity contribution in [3.05, 3.63) is 30.3 Å². The van der Waals surface area contributed by atoms with Gasteiger partial charge in [0.1, 0.15) is 0 Å². The van der Waals surface area contributed by atoms with Crippen molar-refractivity contribution in [2.45, 2.75) is 26.2 Å². The van der Waals surface area contributed by atoms with Crippen LogP contribution in [0, 0.1) is 0 Å². The molecule has 0 heterocycles. The minimum absolute atomic E-state index is 0.0412. The Labute approximate surface area is 101 Å². The highest BCUT2D eigenvalue weighted by atomic mass is 32.1. The average molecular weight is 236 g/mol. The number of benzene rings is 1. The van der Waals surface area contributed by atoms with Crippen LogP contribution < -0.4 is 10.6 Å². The highest BCUT2D eigenvalue weighted by molar-refractivity contribution is 7.80. The summed E-state index contributed by atoms with van der Waals surface area (Å²) in [6.45, 7) is 2.04. The third kappa shape index (κ3) is 3.31. The van der Waals surface area contributed by atoms with Crippen LogP contribution in [0.15, 0.2) is 30.3 Å². The van der Waals surface area contributed by atoms with E-state index in [9.17, 15) is 4.79 Å². The van der Waals surface area contributed by atoms with Crippen molar-refractivity contribution in [2.75, 3.05) is 4.90 Å². The van der Waals surface area contributed by atoms with Gasteiger partial charge in [0.05, 0.1) is 5.69 Å². The maximum atomic E-state index is 11.9. The lowest BCUT2D eigenvalue weighted by Crippen LogP contribution is -2.40. The number of rotatable bonds is 4. The van der Waals surface area contributed by atoms with Crippen molar-refractivity contribution in [3.8, 4) is 0 Å². The first-order valence-corrected chi connectivity index (χ1v) is 5.75. The lowest BCUT2D eigenvalue weighted by molar-refractivity contribution is -0.117. The van der Waals surface area contributed by atoms with Gasteiger partial charge in [-0.3, -0.25) is 9.69 Å². The molecule has 0 spiro atoms. The predicted octanol–water partition coefficient (Wildman–Crippen LogP) is 2.45. The third-order valence-corrected chi connectivity index (χ3v) is 2.41. The molecule has 0 fully saturated rings. The second-order valence-electron chi connectivity index (χ2n) is 3.51. The molecule has 0 aromatic heterocycles. The molecule has 1 amide bonds. The van der Waals surface area contributed by atoms with E-state index in [-0.39, 0.29) is 11.0 Å². The molecule has 0 saturated heterocycles. The second kappa shape index (κ2) is 6.23. The Hall–Kier alpha value is -1.42. The topological polar surface area (TPSA) is 46.3 Å². The standard InChI is InChI=1S/C12H16N2OS/c1-2-3-9-11(15)14(12(13)16)10-7-5-4-6-8-10/h4-8H,2-3,9H2,1H3,(H2,13,16). The maximum absolute atomic E-state index is 11.9. The van der Waals surface area contributed by atoms with Gasteiger partial charge in [-0.1, -0.05) is 31.5 Å². The number of anilines is 1. The molecule has 4 heteroatoms. The molecule has 0 aliphatic carbocycles. The molecule has 0 bridgehead atoms. The molecule has 3 nitrogen and oxygen atoms in total. The van der Waals surface area contributed by atoms with Crippen LogP contribution in [-0.4, -0.2) is 11.0 Å². The third-order valence-electron chi connectivity index (χ3n) is 2.23. The monoisotopic (exact) mass is 236 g/mol. The first kappa shape index (κ1) is 12.6. The molecule has 0 saturated carbocycles. The molecule has 86 valence electrons. The van der Waals surface area contributed by atoms with Crippen LogP contribution in [0.1, 0.15) is 26.2 Å². The van der Waals surface area contributed by atoms with Gasteiger partial charge in [-0.2, -0.15) is 0 Å². The van der Waals surface area contributed by atoms with Crippen LogP contribution in [0.5, 0.6) is 0 Å². The van der Waals surface area contributed by atoms with Gasteiger partial charge in [-0.25, -0.2) is 0 Å². The molecule has 2 N–H and O–H groups in total. The van der Waals surface area contributed by atoms with Gasteiger partial charge in [0.2, 0.25) is 5.91 Å². The SMILES string of the molecule is CCCCC(=O)N(C(N)=S)c1ccccc1. The first-order valence-electron chi connectivity index (χ1n) is 5.34. The summed E-state index contributed by atoms with van der Waals surface area (Å²) in [5.74, 6) is -0.0412. The van der Waals surface area contributed by atoms with E-state index in [4.69, 9.17) is 18.0 Å². The molecule has 0 aliphatic heterocycles. The van der Waals surface area contributed by atoms with E-state index in [2.05, 4.69) is 0 Å². The summed E-state index contributed by atoms with van der Waals surface area (Å²) < 4.78 is 0. The number of hydrogen-bond acceptors (Lipinski definition) is 2. The Morgan fingerprint density at radius 3 is 2.50 bits per heavy atom. The van der Waals surface area contributed by atoms with Gasteiger partial charge >= 0.3 is 0 Å². The van der Waals surface area contributed by atoms with Crippen LogP contribution in [0.25, 0.3) is 0 Å². The number of para-hydroxylation sites is 1. The van der Waals surface area contributed by atoms with E-state index >= 15 is 0 Å². The highest BCUT2D eigenvalue weighted by Gasteiger charge is 2.17.